The van der Waals surface area contributed by atoms with Crippen molar-refractivity contribution >= 4 is 5.97 Å². The van der Waals surface area contributed by atoms with Crippen molar-refractivity contribution in [3.05, 3.63) is 78.3 Å². The van der Waals surface area contributed by atoms with E-state index in [1.165, 1.54) is 0 Å². The molecule has 160 valence electrons. The molecule has 3 heterocycles. The first-order chi connectivity index (χ1) is 15.6. The number of rotatable bonds is 7. The Morgan fingerprint density at radius 1 is 1.19 bits per heavy atom. The number of carbonyl (C=O) groups is 1. The Hall–Kier alpha value is -4.25. The van der Waals surface area contributed by atoms with Crippen LogP contribution in [0.4, 0.5) is 0 Å². The highest BCUT2D eigenvalue weighted by Gasteiger charge is 2.16. The van der Waals surface area contributed by atoms with E-state index >= 15 is 0 Å². The molecule has 0 unspecified atom stereocenters. The van der Waals surface area contributed by atoms with Crippen molar-refractivity contribution in [2.75, 3.05) is 6.61 Å². The highest BCUT2D eigenvalue weighted by Crippen LogP contribution is 2.29. The Kier molecular flexibility index (Phi) is 6.08. The van der Waals surface area contributed by atoms with Crippen molar-refractivity contribution in [1.29, 1.82) is 5.26 Å². The quantitative estimate of drug-likeness (QED) is 0.417. The molecule has 0 N–H and O–H groups in total. The highest BCUT2D eigenvalue weighted by atomic mass is 16.5. The molecule has 8 heteroatoms. The van der Waals surface area contributed by atoms with Gasteiger partial charge in [-0.25, -0.2) is 15.0 Å². The standard InChI is InChI=1S/C24H22N6O2/c1-3-32-23(31)9-6-20-5-8-22(30(20)21-7-4-18(13-25)12-17(21)2)19-14-27-24(28-15-19)29-11-10-26-16-29/h4-5,7-8,10-12,14-16H,3,6,9H2,1-2H3. The third-order valence-electron chi connectivity index (χ3n) is 5.09. The summed E-state index contributed by atoms with van der Waals surface area (Å²) >= 11 is 0. The van der Waals surface area contributed by atoms with Crippen LogP contribution < -0.4 is 0 Å². The maximum Gasteiger partial charge on any atom is 0.306 e. The summed E-state index contributed by atoms with van der Waals surface area (Å²) in [7, 11) is 0. The first-order valence-electron chi connectivity index (χ1n) is 10.3. The lowest BCUT2D eigenvalue weighted by atomic mass is 10.1. The second-order valence-corrected chi connectivity index (χ2v) is 7.21. The van der Waals surface area contributed by atoms with Crippen LogP contribution in [0.25, 0.3) is 22.9 Å². The van der Waals surface area contributed by atoms with Crippen molar-refractivity contribution < 1.29 is 9.53 Å². The fourth-order valence-electron chi connectivity index (χ4n) is 3.59. The third kappa shape index (κ3) is 4.27. The van der Waals surface area contributed by atoms with E-state index in [4.69, 9.17) is 4.74 Å². The number of ether oxygens (including phenoxy) is 1. The lowest BCUT2D eigenvalue weighted by molar-refractivity contribution is -0.143. The number of carbonyl (C=O) groups excluding carboxylic acids is 1. The van der Waals surface area contributed by atoms with Crippen LogP contribution in [0, 0.1) is 18.3 Å². The van der Waals surface area contributed by atoms with Gasteiger partial charge in [-0.2, -0.15) is 5.26 Å². The van der Waals surface area contributed by atoms with Gasteiger partial charge in [-0.3, -0.25) is 9.36 Å². The number of hydrogen-bond acceptors (Lipinski definition) is 6. The normalized spacial score (nSPS) is 10.7. The number of esters is 1. The van der Waals surface area contributed by atoms with Crippen molar-refractivity contribution in [3.8, 4) is 29.0 Å². The van der Waals surface area contributed by atoms with Gasteiger partial charge >= 0.3 is 5.97 Å². The maximum absolute atomic E-state index is 11.9. The number of nitriles is 1. The van der Waals surface area contributed by atoms with Crippen molar-refractivity contribution in [1.82, 2.24) is 24.1 Å². The highest BCUT2D eigenvalue weighted by molar-refractivity contribution is 5.70. The SMILES string of the molecule is CCOC(=O)CCc1ccc(-c2cnc(-n3ccnc3)nc2)n1-c1ccc(C#N)cc1C. The van der Waals surface area contributed by atoms with E-state index in [-0.39, 0.29) is 12.4 Å². The second-order valence-electron chi connectivity index (χ2n) is 7.21. The van der Waals surface area contributed by atoms with Gasteiger partial charge in [0.25, 0.3) is 0 Å². The average Bonchev–Trinajstić information content (AvgIpc) is 3.48. The molecule has 0 fully saturated rings. The number of hydrogen-bond donors (Lipinski definition) is 0. The minimum atomic E-state index is -0.230. The summed E-state index contributed by atoms with van der Waals surface area (Å²) < 4.78 is 8.91. The molecule has 0 spiro atoms. The van der Waals surface area contributed by atoms with Gasteiger partial charge in [0.2, 0.25) is 5.95 Å². The van der Waals surface area contributed by atoms with E-state index < -0.39 is 0 Å². The zero-order valence-electron chi connectivity index (χ0n) is 17.9. The summed E-state index contributed by atoms with van der Waals surface area (Å²) in [5, 5.41) is 9.24. The largest absolute Gasteiger partial charge is 0.466 e. The van der Waals surface area contributed by atoms with Gasteiger partial charge in [-0.1, -0.05) is 0 Å². The summed E-state index contributed by atoms with van der Waals surface area (Å²) in [6, 6.07) is 11.7. The van der Waals surface area contributed by atoms with E-state index in [0.717, 1.165) is 28.2 Å². The second kappa shape index (κ2) is 9.27. The first kappa shape index (κ1) is 21.0. The van der Waals surface area contributed by atoms with E-state index in [1.54, 1.807) is 48.7 Å². The molecule has 4 rings (SSSR count). The molecule has 0 aliphatic rings. The fourth-order valence-corrected chi connectivity index (χ4v) is 3.59. The smallest absolute Gasteiger partial charge is 0.306 e. The Morgan fingerprint density at radius 2 is 2.00 bits per heavy atom. The number of nitrogens with zero attached hydrogens (tertiary/aromatic N) is 6. The summed E-state index contributed by atoms with van der Waals surface area (Å²) in [5.74, 6) is 0.299. The monoisotopic (exact) mass is 426 g/mol. The van der Waals surface area contributed by atoms with Crippen LogP contribution in [-0.4, -0.2) is 36.7 Å². The van der Waals surface area contributed by atoms with E-state index in [1.807, 2.05) is 31.2 Å². The average molecular weight is 426 g/mol. The molecule has 8 nitrogen and oxygen atoms in total. The molecule has 0 atom stereocenters. The minimum Gasteiger partial charge on any atom is -0.466 e. The van der Waals surface area contributed by atoms with E-state index in [0.29, 0.717) is 24.5 Å². The number of imidazole rings is 1. The Labute approximate surface area is 185 Å². The Morgan fingerprint density at radius 3 is 2.66 bits per heavy atom. The molecule has 0 aliphatic heterocycles. The summed E-state index contributed by atoms with van der Waals surface area (Å²) in [6.07, 6.45) is 9.43. The molecule has 0 amide bonds. The molecule has 0 radical (unpaired) electrons. The van der Waals surface area contributed by atoms with Crippen molar-refractivity contribution in [2.24, 2.45) is 0 Å². The number of aryl methyl sites for hydroxylation is 2. The van der Waals surface area contributed by atoms with Crippen molar-refractivity contribution in [3.63, 3.8) is 0 Å². The van der Waals surface area contributed by atoms with Crippen molar-refractivity contribution in [2.45, 2.75) is 26.7 Å². The summed E-state index contributed by atoms with van der Waals surface area (Å²) in [6.45, 7) is 4.13. The van der Waals surface area contributed by atoms with Crippen LogP contribution in [0.2, 0.25) is 0 Å². The molecule has 32 heavy (non-hydrogen) atoms. The Bertz CT molecular complexity index is 1270. The molecule has 0 saturated heterocycles. The summed E-state index contributed by atoms with van der Waals surface area (Å²) in [4.78, 5) is 24.9. The Balaban J connectivity index is 1.75. The van der Waals surface area contributed by atoms with Gasteiger partial charge in [0.1, 0.15) is 6.33 Å². The molecule has 0 bridgehead atoms. The number of benzene rings is 1. The van der Waals surface area contributed by atoms with Crippen LogP contribution in [0.3, 0.4) is 0 Å². The molecular weight excluding hydrogens is 404 g/mol. The van der Waals surface area contributed by atoms with Crippen LogP contribution in [0.5, 0.6) is 0 Å². The van der Waals surface area contributed by atoms with E-state index in [9.17, 15) is 10.1 Å². The molecule has 1 aromatic carbocycles. The lowest BCUT2D eigenvalue weighted by Gasteiger charge is -2.16. The van der Waals surface area contributed by atoms with Gasteiger partial charge in [-0.05, 0) is 56.2 Å². The van der Waals surface area contributed by atoms with E-state index in [2.05, 4.69) is 25.6 Å². The predicted molar refractivity (Wildman–Crippen MR) is 118 cm³/mol. The molecule has 0 saturated carbocycles. The zero-order valence-corrected chi connectivity index (χ0v) is 17.9. The molecular formula is C24H22N6O2. The van der Waals surface area contributed by atoms with Crippen LogP contribution in [0.1, 0.15) is 30.2 Å². The van der Waals surface area contributed by atoms with Gasteiger partial charge in [0.15, 0.2) is 0 Å². The number of aromatic nitrogens is 5. The predicted octanol–water partition coefficient (Wildman–Crippen LogP) is 3.80. The molecule has 3 aromatic heterocycles. The van der Waals surface area contributed by atoms with Gasteiger partial charge in [-0.15, -0.1) is 0 Å². The third-order valence-corrected chi connectivity index (χ3v) is 5.09. The van der Waals surface area contributed by atoms with Gasteiger partial charge in [0.05, 0.1) is 30.4 Å². The van der Waals surface area contributed by atoms with Gasteiger partial charge < -0.3 is 9.30 Å². The molecule has 0 aliphatic carbocycles. The van der Waals surface area contributed by atoms with Crippen LogP contribution in [0.15, 0.2) is 61.4 Å². The van der Waals surface area contributed by atoms with Crippen LogP contribution >= 0.6 is 0 Å². The minimum absolute atomic E-state index is 0.230. The summed E-state index contributed by atoms with van der Waals surface area (Å²) in [5.41, 5.74) is 5.17. The molecule has 4 aromatic rings. The first-order valence-corrected chi connectivity index (χ1v) is 10.3. The lowest BCUT2D eigenvalue weighted by Crippen LogP contribution is -2.09. The fraction of sp³-hybridized carbons (Fsp3) is 0.208. The van der Waals surface area contributed by atoms with Gasteiger partial charge in [0, 0.05) is 41.7 Å². The topological polar surface area (TPSA) is 98.6 Å². The zero-order chi connectivity index (χ0) is 22.5. The maximum atomic E-state index is 11.9. The van der Waals surface area contributed by atoms with Crippen LogP contribution in [-0.2, 0) is 16.0 Å².